The third-order valence-corrected chi connectivity index (χ3v) is 3.16. The van der Waals surface area contributed by atoms with Gasteiger partial charge in [-0.15, -0.1) is 0 Å². The zero-order valence-electron chi connectivity index (χ0n) is 9.15. The summed E-state index contributed by atoms with van der Waals surface area (Å²) in [5.41, 5.74) is 1.96. The lowest BCUT2D eigenvalue weighted by molar-refractivity contribution is -0.138. The number of benzene rings is 1. The standard InChI is InChI=1S/C13H12N2O2/c16-13(17)11-8-10(11)12-6-7-14-15(12)9-4-2-1-3-5-9/h1-7,10-11H,8H2,(H,16,17)/t10-,11-/m0/s1. The lowest BCUT2D eigenvalue weighted by Crippen LogP contribution is -2.04. The summed E-state index contributed by atoms with van der Waals surface area (Å²) in [5, 5.41) is 13.2. The first kappa shape index (κ1) is 10.1. The van der Waals surface area contributed by atoms with Crippen LogP contribution in [0.15, 0.2) is 42.6 Å². The van der Waals surface area contributed by atoms with Gasteiger partial charge < -0.3 is 5.11 Å². The molecule has 0 amide bonds. The fourth-order valence-corrected chi connectivity index (χ4v) is 2.17. The van der Waals surface area contributed by atoms with E-state index in [4.69, 9.17) is 5.11 Å². The normalized spacial score (nSPS) is 22.4. The number of carboxylic acids is 1. The third kappa shape index (κ3) is 1.71. The summed E-state index contributed by atoms with van der Waals surface area (Å²) in [6, 6.07) is 11.7. The molecule has 2 atom stereocenters. The highest BCUT2D eigenvalue weighted by Gasteiger charge is 2.46. The molecule has 17 heavy (non-hydrogen) atoms. The van der Waals surface area contributed by atoms with Gasteiger partial charge in [0.15, 0.2) is 0 Å². The van der Waals surface area contributed by atoms with Gasteiger partial charge in [0.05, 0.1) is 11.6 Å². The molecule has 1 aliphatic rings. The molecule has 86 valence electrons. The molecule has 0 bridgehead atoms. The summed E-state index contributed by atoms with van der Waals surface area (Å²) >= 11 is 0. The molecule has 1 heterocycles. The Hall–Kier alpha value is -2.10. The van der Waals surface area contributed by atoms with Crippen molar-refractivity contribution in [3.05, 3.63) is 48.3 Å². The predicted octanol–water partition coefficient (Wildman–Crippen LogP) is 2.06. The average Bonchev–Trinajstić information content (AvgIpc) is 3.00. The molecule has 4 nitrogen and oxygen atoms in total. The fraction of sp³-hybridized carbons (Fsp3) is 0.231. The summed E-state index contributed by atoms with van der Waals surface area (Å²) in [5.74, 6) is -0.847. The Bertz CT molecular complexity index is 548. The number of nitrogens with zero attached hydrogens (tertiary/aromatic N) is 2. The first-order valence-electron chi connectivity index (χ1n) is 5.59. The molecule has 1 aromatic carbocycles. The van der Waals surface area contributed by atoms with Gasteiger partial charge in [0.25, 0.3) is 0 Å². The maximum Gasteiger partial charge on any atom is 0.307 e. The Morgan fingerprint density at radius 3 is 2.71 bits per heavy atom. The van der Waals surface area contributed by atoms with Crippen molar-refractivity contribution in [2.45, 2.75) is 12.3 Å². The number of hydrogen-bond acceptors (Lipinski definition) is 2. The number of aliphatic carboxylic acids is 1. The van der Waals surface area contributed by atoms with E-state index >= 15 is 0 Å². The van der Waals surface area contributed by atoms with E-state index in [1.165, 1.54) is 0 Å². The first-order valence-corrected chi connectivity index (χ1v) is 5.59. The van der Waals surface area contributed by atoms with Crippen molar-refractivity contribution < 1.29 is 9.90 Å². The molecule has 0 saturated heterocycles. The number of carbonyl (C=O) groups is 1. The van der Waals surface area contributed by atoms with Crippen LogP contribution in [0.4, 0.5) is 0 Å². The maximum absolute atomic E-state index is 10.9. The summed E-state index contributed by atoms with van der Waals surface area (Å²) in [6.07, 6.45) is 2.44. The van der Waals surface area contributed by atoms with Crippen molar-refractivity contribution in [3.8, 4) is 5.69 Å². The largest absolute Gasteiger partial charge is 0.481 e. The molecule has 1 saturated carbocycles. The van der Waals surface area contributed by atoms with Crippen molar-refractivity contribution in [3.63, 3.8) is 0 Å². The predicted molar refractivity (Wildman–Crippen MR) is 62.0 cm³/mol. The second kappa shape index (κ2) is 3.73. The number of aromatic nitrogens is 2. The molecule has 0 radical (unpaired) electrons. The van der Waals surface area contributed by atoms with Gasteiger partial charge in [-0.05, 0) is 24.6 Å². The van der Waals surface area contributed by atoms with E-state index in [0.29, 0.717) is 6.42 Å². The minimum atomic E-state index is -0.712. The van der Waals surface area contributed by atoms with Crippen LogP contribution in [-0.4, -0.2) is 20.9 Å². The van der Waals surface area contributed by atoms with Crippen LogP contribution in [0.25, 0.3) is 5.69 Å². The van der Waals surface area contributed by atoms with Gasteiger partial charge in [-0.2, -0.15) is 5.10 Å². The minimum absolute atomic E-state index is 0.107. The monoisotopic (exact) mass is 228 g/mol. The first-order chi connectivity index (χ1) is 8.27. The summed E-state index contributed by atoms with van der Waals surface area (Å²) in [4.78, 5) is 10.9. The highest BCUT2D eigenvalue weighted by atomic mass is 16.4. The summed E-state index contributed by atoms with van der Waals surface area (Å²) in [6.45, 7) is 0. The zero-order valence-corrected chi connectivity index (χ0v) is 9.15. The average molecular weight is 228 g/mol. The van der Waals surface area contributed by atoms with Gasteiger partial charge in [0.2, 0.25) is 0 Å². The van der Waals surface area contributed by atoms with Crippen molar-refractivity contribution in [1.29, 1.82) is 0 Å². The molecule has 4 heteroatoms. The van der Waals surface area contributed by atoms with Crippen molar-refractivity contribution >= 4 is 5.97 Å². The molecule has 1 aliphatic carbocycles. The second-order valence-electron chi connectivity index (χ2n) is 4.29. The number of para-hydroxylation sites is 1. The molecule has 1 fully saturated rings. The van der Waals surface area contributed by atoms with Crippen LogP contribution in [0, 0.1) is 5.92 Å². The van der Waals surface area contributed by atoms with E-state index in [-0.39, 0.29) is 11.8 Å². The lowest BCUT2D eigenvalue weighted by Gasteiger charge is -2.06. The third-order valence-electron chi connectivity index (χ3n) is 3.16. The van der Waals surface area contributed by atoms with Gasteiger partial charge in [0.1, 0.15) is 0 Å². The van der Waals surface area contributed by atoms with Crippen LogP contribution in [0.1, 0.15) is 18.0 Å². The maximum atomic E-state index is 10.9. The van der Waals surface area contributed by atoms with E-state index in [1.54, 1.807) is 6.20 Å². The van der Waals surface area contributed by atoms with Crippen molar-refractivity contribution in [1.82, 2.24) is 9.78 Å². The number of hydrogen-bond donors (Lipinski definition) is 1. The number of carboxylic acid groups (broad SMARTS) is 1. The second-order valence-corrected chi connectivity index (χ2v) is 4.29. The zero-order chi connectivity index (χ0) is 11.8. The SMILES string of the molecule is O=C(O)[C@H]1C[C@@H]1c1ccnn1-c1ccccc1. The fourth-order valence-electron chi connectivity index (χ4n) is 2.17. The molecule has 0 aliphatic heterocycles. The molecule has 3 rings (SSSR count). The smallest absolute Gasteiger partial charge is 0.307 e. The molecule has 1 N–H and O–H groups in total. The van der Waals surface area contributed by atoms with Gasteiger partial charge in [-0.1, -0.05) is 18.2 Å². The minimum Gasteiger partial charge on any atom is -0.481 e. The highest BCUT2D eigenvalue weighted by Crippen LogP contribution is 2.47. The molecule has 0 unspecified atom stereocenters. The van der Waals surface area contributed by atoms with Gasteiger partial charge >= 0.3 is 5.97 Å². The Morgan fingerprint density at radius 1 is 1.29 bits per heavy atom. The summed E-state index contributed by atoms with van der Waals surface area (Å²) in [7, 11) is 0. The highest BCUT2D eigenvalue weighted by molar-refractivity contribution is 5.75. The van der Waals surface area contributed by atoms with Crippen LogP contribution >= 0.6 is 0 Å². The van der Waals surface area contributed by atoms with Crippen LogP contribution < -0.4 is 0 Å². The van der Waals surface area contributed by atoms with Crippen LogP contribution in [0.5, 0.6) is 0 Å². The van der Waals surface area contributed by atoms with E-state index in [9.17, 15) is 4.79 Å². The molecular formula is C13H12N2O2. The quantitative estimate of drug-likeness (QED) is 0.874. The van der Waals surface area contributed by atoms with Crippen LogP contribution in [0.2, 0.25) is 0 Å². The molecular weight excluding hydrogens is 216 g/mol. The van der Waals surface area contributed by atoms with Gasteiger partial charge in [-0.3, -0.25) is 4.79 Å². The lowest BCUT2D eigenvalue weighted by atomic mass is 10.2. The van der Waals surface area contributed by atoms with Gasteiger partial charge in [-0.25, -0.2) is 4.68 Å². The van der Waals surface area contributed by atoms with Crippen molar-refractivity contribution in [2.75, 3.05) is 0 Å². The van der Waals surface area contributed by atoms with Crippen LogP contribution in [-0.2, 0) is 4.79 Å². The number of rotatable bonds is 3. The molecule has 2 aromatic rings. The molecule has 1 aromatic heterocycles. The van der Waals surface area contributed by atoms with Crippen molar-refractivity contribution in [2.24, 2.45) is 5.92 Å². The Morgan fingerprint density at radius 2 is 2.06 bits per heavy atom. The summed E-state index contributed by atoms with van der Waals surface area (Å²) < 4.78 is 1.83. The van der Waals surface area contributed by atoms with E-state index in [0.717, 1.165) is 11.4 Å². The molecule has 0 spiro atoms. The van der Waals surface area contributed by atoms with E-state index in [1.807, 2.05) is 41.1 Å². The van der Waals surface area contributed by atoms with Gasteiger partial charge in [0, 0.05) is 17.8 Å². The Balaban J connectivity index is 1.94. The Kier molecular flexibility index (Phi) is 2.21. The Labute approximate surface area is 98.5 Å². The van der Waals surface area contributed by atoms with E-state index < -0.39 is 5.97 Å². The van der Waals surface area contributed by atoms with E-state index in [2.05, 4.69) is 5.10 Å². The van der Waals surface area contributed by atoms with Crippen LogP contribution in [0.3, 0.4) is 0 Å². The topological polar surface area (TPSA) is 55.1 Å².